The first-order valence-electron chi connectivity index (χ1n) is 8.06. The predicted octanol–water partition coefficient (Wildman–Crippen LogP) is 3.17. The molecule has 1 aromatic heterocycles. The van der Waals surface area contributed by atoms with Crippen LogP contribution in [0.4, 0.5) is 0 Å². The van der Waals surface area contributed by atoms with Crippen molar-refractivity contribution in [3.8, 4) is 5.75 Å². The van der Waals surface area contributed by atoms with E-state index >= 15 is 0 Å². The first-order valence-corrected chi connectivity index (χ1v) is 8.87. The molecule has 3 N–H and O–H groups in total. The number of fused-ring (bicyclic) bond motifs is 2. The summed E-state index contributed by atoms with van der Waals surface area (Å²) in [6.45, 7) is 0. The lowest BCUT2D eigenvalue weighted by atomic mass is 10.1. The van der Waals surface area contributed by atoms with Crippen molar-refractivity contribution < 1.29 is 14.7 Å². The van der Waals surface area contributed by atoms with E-state index in [0.717, 1.165) is 30.0 Å². The number of hydrazine groups is 1. The second-order valence-corrected chi connectivity index (χ2v) is 7.17. The molecule has 0 saturated heterocycles. The smallest absolute Gasteiger partial charge is 0.279 e. The normalized spacial score (nSPS) is 12.8. The highest BCUT2D eigenvalue weighted by Gasteiger charge is 2.19. The molecule has 4 rings (SSSR count). The third-order valence-electron chi connectivity index (χ3n) is 4.37. The molecule has 0 radical (unpaired) electrons. The number of hydrogen-bond donors (Lipinski definition) is 3. The third-order valence-corrected chi connectivity index (χ3v) is 5.60. The number of thiophene rings is 1. The molecule has 0 saturated carbocycles. The minimum Gasteiger partial charge on any atom is -0.507 e. The molecule has 126 valence electrons. The molecule has 0 unspecified atom stereocenters. The molecular weight excluding hydrogens is 336 g/mol. The van der Waals surface area contributed by atoms with E-state index in [9.17, 15) is 14.7 Å². The van der Waals surface area contributed by atoms with Crippen LogP contribution < -0.4 is 10.9 Å². The van der Waals surface area contributed by atoms with E-state index in [1.807, 2.05) is 30.3 Å². The summed E-state index contributed by atoms with van der Waals surface area (Å²) in [5.41, 5.74) is 6.15. The molecule has 1 aliphatic rings. The number of aryl methyl sites for hydroxylation is 2. The van der Waals surface area contributed by atoms with Crippen molar-refractivity contribution in [3.63, 3.8) is 0 Å². The van der Waals surface area contributed by atoms with Crippen molar-refractivity contribution in [1.82, 2.24) is 10.9 Å². The summed E-state index contributed by atoms with van der Waals surface area (Å²) in [6, 6.07) is 12.5. The quantitative estimate of drug-likeness (QED) is 0.620. The standard InChI is InChI=1S/C19H16N2O3S/c22-15-9-12-5-2-1-4-11(12)8-14(15)18(23)20-21-19(24)17-10-13-6-3-7-16(13)25-17/h1-2,4-5,8-10,22H,3,6-7H2,(H,20,23)(H,21,24). The molecule has 0 fully saturated rings. The van der Waals surface area contributed by atoms with Crippen molar-refractivity contribution in [1.29, 1.82) is 0 Å². The van der Waals surface area contributed by atoms with Crippen molar-refractivity contribution in [2.24, 2.45) is 0 Å². The Labute approximate surface area is 148 Å². The minimum absolute atomic E-state index is 0.118. The van der Waals surface area contributed by atoms with Crippen LogP contribution in [0.5, 0.6) is 5.75 Å². The van der Waals surface area contributed by atoms with Gasteiger partial charge in [0.2, 0.25) is 0 Å². The summed E-state index contributed by atoms with van der Waals surface area (Å²) < 4.78 is 0. The van der Waals surface area contributed by atoms with E-state index < -0.39 is 5.91 Å². The average Bonchev–Trinajstić information content (AvgIpc) is 3.20. The zero-order valence-corrected chi connectivity index (χ0v) is 14.2. The first kappa shape index (κ1) is 15.7. The van der Waals surface area contributed by atoms with Gasteiger partial charge in [0.1, 0.15) is 5.75 Å². The SMILES string of the molecule is O=C(NNC(=O)c1cc2ccccc2cc1O)c1cc2c(s1)CCC2. The fourth-order valence-corrected chi connectivity index (χ4v) is 4.24. The molecule has 0 spiro atoms. The molecule has 1 aliphatic carbocycles. The molecule has 2 amide bonds. The summed E-state index contributed by atoms with van der Waals surface area (Å²) in [4.78, 5) is 26.4. The first-order chi connectivity index (χ1) is 12.1. The van der Waals surface area contributed by atoms with E-state index in [4.69, 9.17) is 0 Å². The summed E-state index contributed by atoms with van der Waals surface area (Å²) >= 11 is 1.47. The van der Waals surface area contributed by atoms with E-state index in [1.54, 1.807) is 6.07 Å². The molecule has 0 bridgehead atoms. The molecule has 3 aromatic rings. The van der Waals surface area contributed by atoms with Crippen LogP contribution in [0.3, 0.4) is 0 Å². The van der Waals surface area contributed by atoms with Gasteiger partial charge in [-0.2, -0.15) is 0 Å². The summed E-state index contributed by atoms with van der Waals surface area (Å²) in [5.74, 6) is -1.02. The van der Waals surface area contributed by atoms with Gasteiger partial charge in [-0.05, 0) is 53.8 Å². The monoisotopic (exact) mass is 352 g/mol. The lowest BCUT2D eigenvalue weighted by Crippen LogP contribution is -2.41. The Kier molecular flexibility index (Phi) is 3.89. The van der Waals surface area contributed by atoms with Gasteiger partial charge in [0.05, 0.1) is 10.4 Å². The Morgan fingerprint density at radius 2 is 1.68 bits per heavy atom. The maximum Gasteiger partial charge on any atom is 0.279 e. The zero-order valence-electron chi connectivity index (χ0n) is 13.3. The van der Waals surface area contributed by atoms with E-state index in [-0.39, 0.29) is 17.2 Å². The van der Waals surface area contributed by atoms with Gasteiger partial charge in [0.25, 0.3) is 11.8 Å². The molecule has 6 heteroatoms. The predicted molar refractivity (Wildman–Crippen MR) is 96.9 cm³/mol. The van der Waals surface area contributed by atoms with Gasteiger partial charge in [0.15, 0.2) is 0 Å². The van der Waals surface area contributed by atoms with Gasteiger partial charge >= 0.3 is 0 Å². The third kappa shape index (κ3) is 2.96. The second-order valence-electron chi connectivity index (χ2n) is 6.04. The number of carbonyl (C=O) groups excluding carboxylic acids is 2. The van der Waals surface area contributed by atoms with Crippen LogP contribution in [0.1, 0.15) is 36.9 Å². The number of carbonyl (C=O) groups is 2. The summed E-state index contributed by atoms with van der Waals surface area (Å²) in [6.07, 6.45) is 3.17. The fourth-order valence-electron chi connectivity index (χ4n) is 3.09. The summed E-state index contributed by atoms with van der Waals surface area (Å²) in [7, 11) is 0. The molecule has 25 heavy (non-hydrogen) atoms. The topological polar surface area (TPSA) is 78.4 Å². The van der Waals surface area contributed by atoms with Crippen LogP contribution in [0.2, 0.25) is 0 Å². The highest BCUT2D eigenvalue weighted by molar-refractivity contribution is 7.14. The number of amides is 2. The van der Waals surface area contributed by atoms with Crippen molar-refractivity contribution in [3.05, 3.63) is 63.3 Å². The van der Waals surface area contributed by atoms with Crippen molar-refractivity contribution >= 4 is 33.9 Å². The van der Waals surface area contributed by atoms with Gasteiger partial charge in [-0.1, -0.05) is 24.3 Å². The van der Waals surface area contributed by atoms with Crippen LogP contribution in [0.25, 0.3) is 10.8 Å². The molecule has 5 nitrogen and oxygen atoms in total. The van der Waals surface area contributed by atoms with Crippen LogP contribution in [0.15, 0.2) is 42.5 Å². The van der Waals surface area contributed by atoms with Gasteiger partial charge in [0, 0.05) is 4.88 Å². The molecule has 0 aliphatic heterocycles. The van der Waals surface area contributed by atoms with Crippen LogP contribution in [0, 0.1) is 0 Å². The van der Waals surface area contributed by atoms with E-state index in [0.29, 0.717) is 4.88 Å². The fraction of sp³-hybridized carbons (Fsp3) is 0.158. The van der Waals surface area contributed by atoms with E-state index in [1.165, 1.54) is 27.8 Å². The van der Waals surface area contributed by atoms with Crippen molar-refractivity contribution in [2.75, 3.05) is 0 Å². The molecular formula is C19H16N2O3S. The van der Waals surface area contributed by atoms with Gasteiger partial charge in [-0.3, -0.25) is 20.4 Å². The number of rotatable bonds is 2. The maximum absolute atomic E-state index is 12.3. The number of hydrogen-bond acceptors (Lipinski definition) is 4. The average molecular weight is 352 g/mol. The lowest BCUT2D eigenvalue weighted by molar-refractivity contribution is 0.0847. The Morgan fingerprint density at radius 1 is 0.960 bits per heavy atom. The molecule has 1 heterocycles. The number of phenols is 1. The highest BCUT2D eigenvalue weighted by Crippen LogP contribution is 2.30. The number of aromatic hydroxyl groups is 1. The van der Waals surface area contributed by atoms with Crippen LogP contribution >= 0.6 is 11.3 Å². The Hall–Kier alpha value is -2.86. The zero-order chi connectivity index (χ0) is 17.4. The number of phenolic OH excluding ortho intramolecular Hbond substituents is 1. The largest absolute Gasteiger partial charge is 0.507 e. The Morgan fingerprint density at radius 3 is 2.44 bits per heavy atom. The van der Waals surface area contributed by atoms with Gasteiger partial charge in [-0.15, -0.1) is 11.3 Å². The number of benzene rings is 2. The van der Waals surface area contributed by atoms with Crippen molar-refractivity contribution in [2.45, 2.75) is 19.3 Å². The van der Waals surface area contributed by atoms with Crippen LogP contribution in [-0.2, 0) is 12.8 Å². The van der Waals surface area contributed by atoms with E-state index in [2.05, 4.69) is 10.9 Å². The van der Waals surface area contributed by atoms with Gasteiger partial charge < -0.3 is 5.11 Å². The highest BCUT2D eigenvalue weighted by atomic mass is 32.1. The maximum atomic E-state index is 12.3. The number of nitrogens with one attached hydrogen (secondary N) is 2. The second kappa shape index (κ2) is 6.22. The molecule has 0 atom stereocenters. The Bertz CT molecular complexity index is 972. The van der Waals surface area contributed by atoms with Gasteiger partial charge in [-0.25, -0.2) is 0 Å². The van der Waals surface area contributed by atoms with Crippen LogP contribution in [-0.4, -0.2) is 16.9 Å². The molecule has 2 aromatic carbocycles. The minimum atomic E-state index is -0.555. The Balaban J connectivity index is 1.48. The lowest BCUT2D eigenvalue weighted by Gasteiger charge is -2.09. The summed E-state index contributed by atoms with van der Waals surface area (Å²) in [5, 5.41) is 11.7.